The molecule has 0 fully saturated rings. The maximum absolute atomic E-state index is 11.8. The maximum atomic E-state index is 11.8. The van der Waals surface area contributed by atoms with Gasteiger partial charge < -0.3 is 5.73 Å². The largest absolute Gasteiger partial charge is 0.366 e. The fourth-order valence-electron chi connectivity index (χ4n) is 2.22. The molecule has 1 amide bonds. The molecule has 5 heteroatoms. The molecular formula is C19H20N4O. The number of carbonyl (C=O) groups is 1. The lowest BCUT2D eigenvalue weighted by Gasteiger charge is -2.08. The third-order valence-electron chi connectivity index (χ3n) is 3.88. The molecule has 122 valence electrons. The van der Waals surface area contributed by atoms with E-state index in [-0.39, 0.29) is 0 Å². The van der Waals surface area contributed by atoms with Gasteiger partial charge in [-0.3, -0.25) is 9.79 Å². The number of nitrogens with zero attached hydrogens (tertiary/aromatic N) is 3. The van der Waals surface area contributed by atoms with Gasteiger partial charge in [-0.25, -0.2) is 4.98 Å². The van der Waals surface area contributed by atoms with Crippen LogP contribution in [0, 0.1) is 17.2 Å². The van der Waals surface area contributed by atoms with Crippen molar-refractivity contribution in [1.29, 1.82) is 5.26 Å². The number of aromatic nitrogens is 1. The van der Waals surface area contributed by atoms with Crippen molar-refractivity contribution in [3.8, 4) is 6.07 Å². The summed E-state index contributed by atoms with van der Waals surface area (Å²) in [5, 5.41) is 9.86. The van der Waals surface area contributed by atoms with Crippen LogP contribution < -0.4 is 5.73 Å². The average Bonchev–Trinajstić information content (AvgIpc) is 2.59. The Balaban J connectivity index is 2.59. The molecule has 1 heterocycles. The lowest BCUT2D eigenvalue weighted by molar-refractivity contribution is 0.100. The van der Waals surface area contributed by atoms with Gasteiger partial charge in [0.15, 0.2) is 0 Å². The first-order chi connectivity index (χ1) is 11.5. The Hall–Kier alpha value is -3.00. The quantitative estimate of drug-likeness (QED) is 0.852. The molecule has 1 atom stereocenters. The van der Waals surface area contributed by atoms with Gasteiger partial charge in [-0.1, -0.05) is 26.0 Å². The summed E-state index contributed by atoms with van der Waals surface area (Å²) in [5.74, 6) is -0.153. The van der Waals surface area contributed by atoms with E-state index in [1.165, 1.54) is 0 Å². The minimum atomic E-state index is -0.547. The van der Waals surface area contributed by atoms with Crippen LogP contribution in [-0.4, -0.2) is 17.1 Å². The van der Waals surface area contributed by atoms with Crippen molar-refractivity contribution < 1.29 is 4.79 Å². The van der Waals surface area contributed by atoms with Gasteiger partial charge in [-0.2, -0.15) is 5.26 Å². The number of aliphatic imine (C=N–C) groups is 1. The molecule has 0 spiro atoms. The van der Waals surface area contributed by atoms with Crippen LogP contribution in [0.25, 0.3) is 16.5 Å². The number of carbonyl (C=O) groups excluding carboxylic acids is 1. The molecule has 0 aliphatic carbocycles. The van der Waals surface area contributed by atoms with Crippen LogP contribution in [0.1, 0.15) is 48.8 Å². The Morgan fingerprint density at radius 2 is 2.25 bits per heavy atom. The highest BCUT2D eigenvalue weighted by molar-refractivity contribution is 6.07. The zero-order chi connectivity index (χ0) is 17.7. The first kappa shape index (κ1) is 17.4. The monoisotopic (exact) mass is 320 g/mol. The van der Waals surface area contributed by atoms with Gasteiger partial charge in [0, 0.05) is 17.8 Å². The predicted octanol–water partition coefficient (Wildman–Crippen LogP) is 3.68. The van der Waals surface area contributed by atoms with Gasteiger partial charge in [0.05, 0.1) is 22.3 Å². The van der Waals surface area contributed by atoms with Gasteiger partial charge >= 0.3 is 0 Å². The number of allylic oxidation sites excluding steroid dienone is 1. The number of primary amides is 1. The summed E-state index contributed by atoms with van der Waals surface area (Å²) in [6, 6.07) is 8.88. The van der Waals surface area contributed by atoms with Gasteiger partial charge in [0.2, 0.25) is 5.91 Å². The van der Waals surface area contributed by atoms with E-state index < -0.39 is 5.91 Å². The molecular weight excluding hydrogens is 300 g/mol. The Bertz CT molecular complexity index is 875. The van der Waals surface area contributed by atoms with Gasteiger partial charge in [-0.05, 0) is 37.0 Å². The molecule has 2 N–H and O–H groups in total. The second-order valence-electron chi connectivity index (χ2n) is 5.73. The highest BCUT2D eigenvalue weighted by atomic mass is 16.1. The zero-order valence-electron chi connectivity index (χ0n) is 14.1. The molecule has 0 saturated carbocycles. The van der Waals surface area contributed by atoms with Crippen LogP contribution in [-0.2, 0) is 0 Å². The molecule has 1 unspecified atom stereocenters. The number of fused-ring (bicyclic) bond motifs is 1. The number of hydrogen-bond acceptors (Lipinski definition) is 4. The van der Waals surface area contributed by atoms with Crippen molar-refractivity contribution in [2.75, 3.05) is 0 Å². The number of pyridine rings is 1. The molecule has 0 bridgehead atoms. The molecule has 0 aliphatic heterocycles. The summed E-state index contributed by atoms with van der Waals surface area (Å²) < 4.78 is 0. The lowest BCUT2D eigenvalue weighted by Crippen LogP contribution is -2.12. The Kier molecular flexibility index (Phi) is 5.43. The molecule has 1 aromatic heterocycles. The first-order valence-corrected chi connectivity index (χ1v) is 7.82. The van der Waals surface area contributed by atoms with E-state index >= 15 is 0 Å². The third kappa shape index (κ3) is 3.66. The van der Waals surface area contributed by atoms with E-state index in [1.807, 2.05) is 13.1 Å². The van der Waals surface area contributed by atoms with E-state index in [9.17, 15) is 10.1 Å². The number of para-hydroxylation sites is 1. The van der Waals surface area contributed by atoms with E-state index in [2.05, 4.69) is 29.9 Å². The molecule has 0 aliphatic rings. The van der Waals surface area contributed by atoms with Crippen LogP contribution in [0.4, 0.5) is 0 Å². The molecule has 24 heavy (non-hydrogen) atoms. The zero-order valence-corrected chi connectivity index (χ0v) is 14.1. The third-order valence-corrected chi connectivity index (χ3v) is 3.88. The fourth-order valence-corrected chi connectivity index (χ4v) is 2.22. The average molecular weight is 320 g/mol. The van der Waals surface area contributed by atoms with Gasteiger partial charge in [-0.15, -0.1) is 0 Å². The predicted molar refractivity (Wildman–Crippen MR) is 96.6 cm³/mol. The summed E-state index contributed by atoms with van der Waals surface area (Å²) >= 11 is 0. The minimum Gasteiger partial charge on any atom is -0.366 e. The van der Waals surface area contributed by atoms with E-state index in [1.54, 1.807) is 30.5 Å². The summed E-state index contributed by atoms with van der Waals surface area (Å²) in [6.45, 7) is 6.05. The summed E-state index contributed by atoms with van der Waals surface area (Å²) in [6.07, 6.45) is 4.60. The minimum absolute atomic E-state index is 0.353. The van der Waals surface area contributed by atoms with Crippen LogP contribution in [0.3, 0.4) is 0 Å². The van der Waals surface area contributed by atoms with Crippen molar-refractivity contribution in [1.82, 2.24) is 4.98 Å². The number of nitrogens with two attached hydrogens (primary N) is 1. The Labute approximate surface area is 141 Å². The molecule has 2 aromatic rings. The Morgan fingerprint density at radius 3 is 2.88 bits per heavy atom. The van der Waals surface area contributed by atoms with E-state index in [0.29, 0.717) is 33.6 Å². The number of benzene rings is 1. The number of rotatable bonds is 5. The van der Waals surface area contributed by atoms with Crippen LogP contribution in [0.5, 0.6) is 0 Å². The van der Waals surface area contributed by atoms with Crippen LogP contribution >= 0.6 is 0 Å². The first-order valence-electron chi connectivity index (χ1n) is 7.82. The number of nitriles is 1. The molecule has 5 nitrogen and oxygen atoms in total. The van der Waals surface area contributed by atoms with E-state index in [0.717, 1.165) is 12.0 Å². The van der Waals surface area contributed by atoms with E-state index in [4.69, 9.17) is 5.73 Å². The SMILES string of the molecule is CCC(C)C=N/C=C(\C)c1cc(C(N)=O)c2cccc(C#N)c2n1. The highest BCUT2D eigenvalue weighted by Gasteiger charge is 2.13. The lowest BCUT2D eigenvalue weighted by atomic mass is 10.0. The molecule has 1 aromatic carbocycles. The van der Waals surface area contributed by atoms with Gasteiger partial charge in [0.25, 0.3) is 0 Å². The van der Waals surface area contributed by atoms with Crippen LogP contribution in [0.15, 0.2) is 35.5 Å². The summed E-state index contributed by atoms with van der Waals surface area (Å²) in [4.78, 5) is 20.6. The second-order valence-corrected chi connectivity index (χ2v) is 5.73. The van der Waals surface area contributed by atoms with Gasteiger partial charge in [0.1, 0.15) is 6.07 Å². The van der Waals surface area contributed by atoms with Crippen molar-refractivity contribution in [2.24, 2.45) is 16.6 Å². The van der Waals surface area contributed by atoms with Crippen molar-refractivity contribution in [2.45, 2.75) is 27.2 Å². The smallest absolute Gasteiger partial charge is 0.249 e. The highest BCUT2D eigenvalue weighted by Crippen LogP contribution is 2.24. The van der Waals surface area contributed by atoms with Crippen LogP contribution in [0.2, 0.25) is 0 Å². The fraction of sp³-hybridized carbons (Fsp3) is 0.263. The number of hydrogen-bond donors (Lipinski definition) is 1. The van der Waals surface area contributed by atoms with Crippen molar-refractivity contribution in [3.63, 3.8) is 0 Å². The maximum Gasteiger partial charge on any atom is 0.249 e. The Morgan fingerprint density at radius 1 is 1.50 bits per heavy atom. The normalized spacial score (nSPS) is 13.2. The summed E-state index contributed by atoms with van der Waals surface area (Å²) in [7, 11) is 0. The standard InChI is InChI=1S/C19H20N4O/c1-4-12(2)10-22-11-13(3)17-8-16(19(21)24)15-7-5-6-14(9-20)18(15)23-17/h5-8,10-12H,4H2,1-3H3,(H2,21,24)/b13-11+,22-10?. The number of amides is 1. The molecule has 0 radical (unpaired) electrons. The second kappa shape index (κ2) is 7.51. The molecule has 0 saturated heterocycles. The topological polar surface area (TPSA) is 92.1 Å². The molecule has 2 rings (SSSR count). The summed E-state index contributed by atoms with van der Waals surface area (Å²) in [5.41, 5.74) is 8.12. The van der Waals surface area contributed by atoms with Crippen molar-refractivity contribution >= 4 is 28.6 Å². The van der Waals surface area contributed by atoms with Crippen molar-refractivity contribution in [3.05, 3.63) is 47.3 Å².